The highest BCUT2D eigenvalue weighted by atomic mass is 16.8. The molecule has 0 bridgehead atoms. The molecule has 14 heteroatoms. The van der Waals surface area contributed by atoms with Crippen LogP contribution in [0.1, 0.15) is 6.92 Å². The zero-order valence-electron chi connectivity index (χ0n) is 21.5. The van der Waals surface area contributed by atoms with Crippen LogP contribution >= 0.6 is 0 Å². The molecule has 0 unspecified atom stereocenters. The quantitative estimate of drug-likeness (QED) is 0.174. The van der Waals surface area contributed by atoms with Gasteiger partial charge in [-0.25, -0.2) is 0 Å². The van der Waals surface area contributed by atoms with Crippen LogP contribution in [0, 0.1) is 0 Å². The molecule has 1 aromatic heterocycles. The lowest BCUT2D eigenvalue weighted by Gasteiger charge is -2.45. The van der Waals surface area contributed by atoms with Crippen molar-refractivity contribution in [1.29, 1.82) is 0 Å². The van der Waals surface area contributed by atoms with Crippen molar-refractivity contribution in [2.75, 3.05) is 6.61 Å². The van der Waals surface area contributed by atoms with Gasteiger partial charge in [0.25, 0.3) is 0 Å². The number of fused-ring (bicyclic) bond motifs is 1. The van der Waals surface area contributed by atoms with E-state index in [-0.39, 0.29) is 28.2 Å². The Morgan fingerprint density at radius 3 is 2.22 bits per heavy atom. The Labute approximate surface area is 231 Å². The molecule has 2 aliphatic rings. The van der Waals surface area contributed by atoms with Crippen molar-refractivity contribution in [2.45, 2.75) is 68.3 Å². The molecule has 2 aromatic carbocycles. The van der Waals surface area contributed by atoms with Crippen molar-refractivity contribution >= 4 is 11.0 Å². The molecular weight excluding hydrogens is 548 g/mol. The fraction of sp³-hybridized carbons (Fsp3) is 0.444. The lowest BCUT2D eigenvalue weighted by molar-refractivity contribution is -0.354. The smallest absolute Gasteiger partial charge is 0.229 e. The molecule has 0 amide bonds. The third-order valence-corrected chi connectivity index (χ3v) is 7.11. The minimum Gasteiger partial charge on any atom is -0.508 e. The summed E-state index contributed by atoms with van der Waals surface area (Å²) in [6.07, 6.45) is -15.3. The summed E-state index contributed by atoms with van der Waals surface area (Å²) >= 11 is 0. The number of phenols is 2. The maximum Gasteiger partial charge on any atom is 0.229 e. The van der Waals surface area contributed by atoms with E-state index in [1.165, 1.54) is 43.3 Å². The van der Waals surface area contributed by atoms with Crippen LogP contribution in [0.4, 0.5) is 0 Å². The fourth-order valence-corrected chi connectivity index (χ4v) is 4.79. The van der Waals surface area contributed by atoms with Gasteiger partial charge in [-0.2, -0.15) is 0 Å². The molecule has 2 saturated heterocycles. The number of phenolic OH excluding ortho intramolecular Hbond substituents is 2. The number of aliphatic hydroxyl groups is 6. The molecule has 14 nitrogen and oxygen atoms in total. The fourth-order valence-electron chi connectivity index (χ4n) is 4.79. The molecular formula is C27H30O14. The highest BCUT2D eigenvalue weighted by molar-refractivity contribution is 5.86. The second kappa shape index (κ2) is 11.5. The van der Waals surface area contributed by atoms with Gasteiger partial charge >= 0.3 is 0 Å². The van der Waals surface area contributed by atoms with E-state index in [0.717, 1.165) is 6.07 Å². The van der Waals surface area contributed by atoms with Crippen LogP contribution in [0.3, 0.4) is 0 Å². The van der Waals surface area contributed by atoms with Crippen LogP contribution in [0.15, 0.2) is 51.7 Å². The first-order valence-electron chi connectivity index (χ1n) is 12.7. The summed E-state index contributed by atoms with van der Waals surface area (Å²) in [5.74, 6) is -0.498. The minimum atomic E-state index is -1.76. The first-order chi connectivity index (χ1) is 19.5. The molecule has 8 N–H and O–H groups in total. The Morgan fingerprint density at radius 1 is 0.829 bits per heavy atom. The number of hydrogen-bond acceptors (Lipinski definition) is 14. The van der Waals surface area contributed by atoms with Crippen LogP contribution in [0.5, 0.6) is 17.2 Å². The summed E-state index contributed by atoms with van der Waals surface area (Å²) in [6.45, 7) is 0.704. The zero-order valence-corrected chi connectivity index (χ0v) is 21.5. The normalized spacial score (nSPS) is 34.0. The molecule has 5 rings (SSSR count). The second-order valence-electron chi connectivity index (χ2n) is 9.94. The second-order valence-corrected chi connectivity index (χ2v) is 9.94. The van der Waals surface area contributed by atoms with E-state index in [4.69, 9.17) is 23.4 Å². The lowest BCUT2D eigenvalue weighted by atomic mass is 9.97. The van der Waals surface area contributed by atoms with Crippen molar-refractivity contribution in [3.63, 3.8) is 0 Å². The number of aromatic hydroxyl groups is 2. The van der Waals surface area contributed by atoms with E-state index < -0.39 is 79.2 Å². The van der Waals surface area contributed by atoms with Gasteiger partial charge in [0.15, 0.2) is 17.8 Å². The van der Waals surface area contributed by atoms with Crippen LogP contribution < -0.4 is 10.2 Å². The SMILES string of the molecule is C[C@H]1O[C@@H](O[C@H]2[C@H](Oc3cc(O)c4c(=O)cc(-c5ccc(O)cc5)oc4c3)O[C@@H](CO)[C@@H](O)[C@H]2O)[C@H](O)[C@@H](O)[C@H]1O. The van der Waals surface area contributed by atoms with Gasteiger partial charge in [0.05, 0.1) is 12.7 Å². The predicted molar refractivity (Wildman–Crippen MR) is 137 cm³/mol. The molecule has 222 valence electrons. The number of benzene rings is 2. The highest BCUT2D eigenvalue weighted by Gasteiger charge is 2.50. The van der Waals surface area contributed by atoms with Crippen molar-refractivity contribution in [1.82, 2.24) is 0 Å². The first-order valence-corrected chi connectivity index (χ1v) is 12.7. The van der Waals surface area contributed by atoms with Gasteiger partial charge in [0.1, 0.15) is 70.6 Å². The molecule has 3 aromatic rings. The summed E-state index contributed by atoms with van der Waals surface area (Å²) in [7, 11) is 0. The summed E-state index contributed by atoms with van der Waals surface area (Å²) < 4.78 is 28.4. The largest absolute Gasteiger partial charge is 0.508 e. The molecule has 0 aliphatic carbocycles. The average Bonchev–Trinajstić information content (AvgIpc) is 2.94. The highest BCUT2D eigenvalue weighted by Crippen LogP contribution is 2.35. The molecule has 0 spiro atoms. The predicted octanol–water partition coefficient (Wildman–Crippen LogP) is -1.10. The molecule has 41 heavy (non-hydrogen) atoms. The topological polar surface area (TPSA) is 229 Å². The van der Waals surface area contributed by atoms with E-state index in [0.29, 0.717) is 5.56 Å². The molecule has 10 atom stereocenters. The lowest BCUT2D eigenvalue weighted by Crippen LogP contribution is -2.64. The number of aliphatic hydroxyl groups excluding tert-OH is 6. The molecule has 2 aliphatic heterocycles. The van der Waals surface area contributed by atoms with Crippen molar-refractivity contribution in [3.8, 4) is 28.6 Å². The Bertz CT molecular complexity index is 1420. The van der Waals surface area contributed by atoms with Crippen LogP contribution in [-0.4, -0.2) is 109 Å². The Hall–Kier alpha value is -3.31. The molecule has 0 saturated carbocycles. The van der Waals surface area contributed by atoms with Crippen molar-refractivity contribution in [2.24, 2.45) is 0 Å². The number of ether oxygens (including phenoxy) is 4. The maximum atomic E-state index is 12.8. The van der Waals surface area contributed by atoms with Gasteiger partial charge in [-0.1, -0.05) is 0 Å². The molecule has 2 fully saturated rings. The third-order valence-electron chi connectivity index (χ3n) is 7.11. The summed E-state index contributed by atoms with van der Waals surface area (Å²) in [5.41, 5.74) is -0.182. The van der Waals surface area contributed by atoms with E-state index in [9.17, 15) is 45.6 Å². The van der Waals surface area contributed by atoms with E-state index in [2.05, 4.69) is 0 Å². The van der Waals surface area contributed by atoms with Gasteiger partial charge in [0.2, 0.25) is 6.29 Å². The average molecular weight is 579 g/mol. The Balaban J connectivity index is 1.47. The third kappa shape index (κ3) is 5.61. The summed E-state index contributed by atoms with van der Waals surface area (Å²) in [6, 6.07) is 9.38. The van der Waals surface area contributed by atoms with Crippen LogP contribution in [0.25, 0.3) is 22.3 Å². The van der Waals surface area contributed by atoms with Crippen molar-refractivity contribution < 1.29 is 64.2 Å². The van der Waals surface area contributed by atoms with Gasteiger partial charge in [-0.15, -0.1) is 0 Å². The van der Waals surface area contributed by atoms with Gasteiger partial charge in [-0.3, -0.25) is 4.79 Å². The standard InChI is InChI=1S/C27H30O14/c1-10-20(32)22(34)24(36)26(37-10)41-25-23(35)21(33)18(9-28)40-27(25)38-13-6-14(30)19-15(31)8-16(39-17(19)7-13)11-2-4-12(29)5-3-11/h2-8,10,18,20-30,32-36H,9H2,1H3/t10-,18+,20+,21-,22+,23-,24-,25-,26+,27-/m1/s1. The Kier molecular flexibility index (Phi) is 8.20. The van der Waals surface area contributed by atoms with E-state index in [1.54, 1.807) is 0 Å². The van der Waals surface area contributed by atoms with E-state index >= 15 is 0 Å². The zero-order chi connectivity index (χ0) is 29.6. The molecule has 0 radical (unpaired) electrons. The Morgan fingerprint density at radius 2 is 1.54 bits per heavy atom. The van der Waals surface area contributed by atoms with E-state index in [1.807, 2.05) is 0 Å². The number of hydrogen-bond donors (Lipinski definition) is 8. The molecule has 3 heterocycles. The minimum absolute atomic E-state index is 0.00857. The summed E-state index contributed by atoms with van der Waals surface area (Å²) in [4.78, 5) is 12.8. The summed E-state index contributed by atoms with van der Waals surface area (Å²) in [5, 5.41) is 81.4. The first kappa shape index (κ1) is 29.2. The monoisotopic (exact) mass is 578 g/mol. The van der Waals surface area contributed by atoms with Crippen LogP contribution in [0.2, 0.25) is 0 Å². The van der Waals surface area contributed by atoms with Gasteiger partial charge < -0.3 is 64.2 Å². The van der Waals surface area contributed by atoms with Gasteiger partial charge in [-0.05, 0) is 31.2 Å². The van der Waals surface area contributed by atoms with Crippen LogP contribution in [-0.2, 0) is 14.2 Å². The van der Waals surface area contributed by atoms with Crippen molar-refractivity contribution in [3.05, 3.63) is 52.7 Å². The maximum absolute atomic E-state index is 12.8. The number of rotatable bonds is 6. The van der Waals surface area contributed by atoms with Gasteiger partial charge in [0, 0.05) is 23.8 Å².